The number of hydrogen-bond acceptors (Lipinski definition) is 7. The number of halogens is 3. The van der Waals surface area contributed by atoms with Crippen LogP contribution >= 0.6 is 0 Å². The van der Waals surface area contributed by atoms with Crippen molar-refractivity contribution in [2.24, 2.45) is 11.5 Å². The van der Waals surface area contributed by atoms with Crippen LogP contribution in [-0.2, 0) is 6.18 Å². The summed E-state index contributed by atoms with van der Waals surface area (Å²) in [7, 11) is 1.21. The third kappa shape index (κ3) is 5.42. The Hall–Kier alpha value is -3.61. The topological polar surface area (TPSA) is 168 Å². The summed E-state index contributed by atoms with van der Waals surface area (Å²) >= 11 is 0. The van der Waals surface area contributed by atoms with Crippen molar-refractivity contribution >= 4 is 29.3 Å². The Bertz CT molecular complexity index is 1120. The summed E-state index contributed by atoms with van der Waals surface area (Å²) in [5, 5.41) is 7.71. The molecule has 1 aromatic carbocycles. The lowest BCUT2D eigenvalue weighted by Crippen LogP contribution is -2.43. The highest BCUT2D eigenvalue weighted by Gasteiger charge is 2.35. The van der Waals surface area contributed by atoms with Crippen molar-refractivity contribution in [1.82, 2.24) is 15.3 Å². The Kier molecular flexibility index (Phi) is 6.91. The summed E-state index contributed by atoms with van der Waals surface area (Å²) in [4.78, 5) is 42.7. The third-order valence-electron chi connectivity index (χ3n) is 5.37. The number of nitrogens with zero attached hydrogens (tertiary/aromatic N) is 1. The SMILES string of the molecule is CNC(=O)c1ccc(Nc2nc(N[C@H]3CCCC[C@@H]3N)[nH]c(=O)c2C(N)=O)cc1C(F)(F)F. The summed E-state index contributed by atoms with van der Waals surface area (Å²) in [5.41, 5.74) is 8.02. The van der Waals surface area contributed by atoms with Gasteiger partial charge in [-0.3, -0.25) is 19.4 Å². The molecule has 10 nitrogen and oxygen atoms in total. The first-order valence-electron chi connectivity index (χ1n) is 10.2. The number of amides is 2. The molecule has 1 fully saturated rings. The molecule has 0 unspecified atom stereocenters. The molecule has 178 valence electrons. The quantitative estimate of drug-likeness (QED) is 0.376. The van der Waals surface area contributed by atoms with Gasteiger partial charge in [-0.05, 0) is 31.0 Å². The third-order valence-corrected chi connectivity index (χ3v) is 5.37. The van der Waals surface area contributed by atoms with E-state index in [1.807, 2.05) is 0 Å². The van der Waals surface area contributed by atoms with Crippen molar-refractivity contribution < 1.29 is 22.8 Å². The highest BCUT2D eigenvalue weighted by Crippen LogP contribution is 2.34. The first-order chi connectivity index (χ1) is 15.5. The van der Waals surface area contributed by atoms with Gasteiger partial charge in [0.25, 0.3) is 17.4 Å². The summed E-state index contributed by atoms with van der Waals surface area (Å²) in [6.07, 6.45) is -1.41. The molecule has 3 rings (SSSR count). The number of H-pyrrole nitrogens is 1. The monoisotopic (exact) mass is 467 g/mol. The number of carbonyl (C=O) groups is 2. The number of nitrogens with one attached hydrogen (secondary N) is 4. The number of aromatic nitrogens is 2. The zero-order valence-electron chi connectivity index (χ0n) is 17.7. The molecular weight excluding hydrogens is 443 g/mol. The Morgan fingerprint density at radius 1 is 1.21 bits per heavy atom. The summed E-state index contributed by atoms with van der Waals surface area (Å²) < 4.78 is 40.6. The van der Waals surface area contributed by atoms with E-state index in [1.165, 1.54) is 13.1 Å². The first-order valence-corrected chi connectivity index (χ1v) is 10.2. The Morgan fingerprint density at radius 3 is 2.52 bits per heavy atom. The van der Waals surface area contributed by atoms with Gasteiger partial charge in [-0.1, -0.05) is 12.8 Å². The molecule has 13 heteroatoms. The maximum absolute atomic E-state index is 13.5. The lowest BCUT2D eigenvalue weighted by molar-refractivity contribution is -0.137. The van der Waals surface area contributed by atoms with Gasteiger partial charge in [-0.25, -0.2) is 0 Å². The predicted octanol–water partition coefficient (Wildman–Crippen LogP) is 1.67. The van der Waals surface area contributed by atoms with E-state index in [4.69, 9.17) is 11.5 Å². The number of nitrogens with two attached hydrogens (primary N) is 2. The average molecular weight is 467 g/mol. The maximum Gasteiger partial charge on any atom is 0.417 e. The van der Waals surface area contributed by atoms with Gasteiger partial charge in [-0.2, -0.15) is 18.2 Å². The number of hydrogen-bond donors (Lipinski definition) is 6. The van der Waals surface area contributed by atoms with E-state index in [1.54, 1.807) is 0 Å². The molecule has 0 aliphatic heterocycles. The Balaban J connectivity index is 2.01. The second kappa shape index (κ2) is 9.48. The van der Waals surface area contributed by atoms with Crippen LogP contribution in [-0.4, -0.2) is 40.9 Å². The van der Waals surface area contributed by atoms with Crippen LogP contribution in [0.3, 0.4) is 0 Å². The van der Waals surface area contributed by atoms with Crippen LogP contribution in [0.2, 0.25) is 0 Å². The fraction of sp³-hybridized carbons (Fsp3) is 0.400. The van der Waals surface area contributed by atoms with E-state index in [-0.39, 0.29) is 29.5 Å². The minimum absolute atomic E-state index is 0.00660. The molecular formula is C20H24F3N7O3. The molecule has 1 aliphatic rings. The zero-order valence-corrected chi connectivity index (χ0v) is 17.7. The molecule has 0 saturated heterocycles. The maximum atomic E-state index is 13.5. The van der Waals surface area contributed by atoms with Gasteiger partial charge in [0.2, 0.25) is 5.95 Å². The highest BCUT2D eigenvalue weighted by molar-refractivity contribution is 5.98. The molecule has 0 radical (unpaired) electrons. The van der Waals surface area contributed by atoms with Gasteiger partial charge in [0, 0.05) is 24.8 Å². The molecule has 2 aromatic rings. The van der Waals surface area contributed by atoms with Crippen molar-refractivity contribution in [3.05, 3.63) is 45.2 Å². The Morgan fingerprint density at radius 2 is 1.91 bits per heavy atom. The fourth-order valence-electron chi connectivity index (χ4n) is 3.70. The van der Waals surface area contributed by atoms with Crippen molar-refractivity contribution in [2.45, 2.75) is 43.9 Å². The molecule has 1 aromatic heterocycles. The number of carbonyl (C=O) groups excluding carboxylic acids is 2. The van der Waals surface area contributed by atoms with Gasteiger partial charge >= 0.3 is 6.18 Å². The summed E-state index contributed by atoms with van der Waals surface area (Å²) in [6, 6.07) is 2.49. The molecule has 2 amide bonds. The Labute approximate surface area is 186 Å². The normalized spacial score (nSPS) is 18.5. The van der Waals surface area contributed by atoms with Crippen LogP contribution in [0.25, 0.3) is 0 Å². The first kappa shape index (κ1) is 24.0. The lowest BCUT2D eigenvalue weighted by Gasteiger charge is -2.29. The fourth-order valence-corrected chi connectivity index (χ4v) is 3.70. The summed E-state index contributed by atoms with van der Waals surface area (Å²) in [5.74, 6) is -2.38. The largest absolute Gasteiger partial charge is 0.417 e. The molecule has 33 heavy (non-hydrogen) atoms. The van der Waals surface area contributed by atoms with E-state index in [0.29, 0.717) is 6.07 Å². The number of alkyl halides is 3. The molecule has 0 spiro atoms. The number of anilines is 3. The van der Waals surface area contributed by atoms with Crippen LogP contribution in [0, 0.1) is 0 Å². The molecule has 0 bridgehead atoms. The predicted molar refractivity (Wildman–Crippen MR) is 115 cm³/mol. The van der Waals surface area contributed by atoms with E-state index in [0.717, 1.165) is 31.7 Å². The van der Waals surface area contributed by atoms with Gasteiger partial charge < -0.3 is 27.4 Å². The zero-order chi connectivity index (χ0) is 24.3. The highest BCUT2D eigenvalue weighted by atomic mass is 19.4. The number of primary amides is 1. The van der Waals surface area contributed by atoms with Crippen LogP contribution < -0.4 is 33.0 Å². The van der Waals surface area contributed by atoms with Crippen molar-refractivity contribution in [3.8, 4) is 0 Å². The van der Waals surface area contributed by atoms with Gasteiger partial charge in [0.05, 0.1) is 11.1 Å². The minimum Gasteiger partial charge on any atom is -0.365 e. The molecule has 1 saturated carbocycles. The molecule has 1 heterocycles. The van der Waals surface area contributed by atoms with E-state index in [2.05, 4.69) is 25.9 Å². The second-order valence-corrected chi connectivity index (χ2v) is 7.66. The second-order valence-electron chi connectivity index (χ2n) is 7.66. The molecule has 1 aliphatic carbocycles. The minimum atomic E-state index is -4.84. The van der Waals surface area contributed by atoms with Crippen molar-refractivity contribution in [3.63, 3.8) is 0 Å². The van der Waals surface area contributed by atoms with E-state index >= 15 is 0 Å². The smallest absolute Gasteiger partial charge is 0.365 e. The van der Waals surface area contributed by atoms with Crippen molar-refractivity contribution in [1.29, 1.82) is 0 Å². The van der Waals surface area contributed by atoms with Crippen molar-refractivity contribution in [2.75, 3.05) is 17.7 Å². The van der Waals surface area contributed by atoms with Crippen LogP contribution in [0.15, 0.2) is 23.0 Å². The van der Waals surface area contributed by atoms with E-state index in [9.17, 15) is 27.6 Å². The van der Waals surface area contributed by atoms with E-state index < -0.39 is 40.2 Å². The number of benzene rings is 1. The van der Waals surface area contributed by atoms with Crippen LogP contribution in [0.1, 0.15) is 52.0 Å². The lowest BCUT2D eigenvalue weighted by atomic mass is 9.91. The number of aromatic amines is 1. The van der Waals surface area contributed by atoms with Gasteiger partial charge in [0.1, 0.15) is 5.56 Å². The number of rotatable bonds is 6. The standard InChI is InChI=1S/C20H24F3N7O3/c1-26-17(32)10-7-6-9(8-11(10)20(21,22)23)27-16-14(15(25)31)18(33)30-19(29-16)28-13-5-3-2-4-12(13)24/h6-8,12-13H,2-5,24H2,1H3,(H2,25,31)(H,26,32)(H3,27,28,29,30,33)/t12-,13-/m0/s1. The van der Waals surface area contributed by atoms with Crippen LogP contribution in [0.5, 0.6) is 0 Å². The molecule has 8 N–H and O–H groups in total. The van der Waals surface area contributed by atoms with Gasteiger partial charge in [-0.15, -0.1) is 0 Å². The average Bonchev–Trinajstić information content (AvgIpc) is 2.73. The van der Waals surface area contributed by atoms with Gasteiger partial charge in [0.15, 0.2) is 5.82 Å². The summed E-state index contributed by atoms with van der Waals surface area (Å²) in [6.45, 7) is 0. The van der Waals surface area contributed by atoms with Crippen LogP contribution in [0.4, 0.5) is 30.6 Å². The molecule has 2 atom stereocenters.